The van der Waals surface area contributed by atoms with Crippen molar-refractivity contribution in [2.45, 2.75) is 6.54 Å². The van der Waals surface area contributed by atoms with Gasteiger partial charge in [-0.1, -0.05) is 17.7 Å². The summed E-state index contributed by atoms with van der Waals surface area (Å²) in [4.78, 5) is 7.86. The summed E-state index contributed by atoms with van der Waals surface area (Å²) in [5.74, 6) is 1.47. The number of aromatic nitrogens is 2. The summed E-state index contributed by atoms with van der Waals surface area (Å²) < 4.78 is 5.05. The zero-order valence-electron chi connectivity index (χ0n) is 7.27. The summed E-state index contributed by atoms with van der Waals surface area (Å²) in [5, 5.41) is 3.52. The molecule has 0 unspecified atom stereocenters. The molecule has 0 aromatic carbocycles. The van der Waals surface area contributed by atoms with Crippen molar-refractivity contribution in [2.75, 3.05) is 5.32 Å². The van der Waals surface area contributed by atoms with E-state index in [-0.39, 0.29) is 0 Å². The summed E-state index contributed by atoms with van der Waals surface area (Å²) in [6.07, 6.45) is 3.04. The molecule has 0 aliphatic carbocycles. The van der Waals surface area contributed by atoms with E-state index in [0.717, 1.165) is 5.76 Å². The van der Waals surface area contributed by atoms with Gasteiger partial charge in [0.1, 0.15) is 16.7 Å². The summed E-state index contributed by atoms with van der Waals surface area (Å²) in [7, 11) is 0. The first-order chi connectivity index (χ1) is 6.84. The van der Waals surface area contributed by atoms with Crippen LogP contribution in [0.2, 0.25) is 5.15 Å². The van der Waals surface area contributed by atoms with Gasteiger partial charge < -0.3 is 9.73 Å². The van der Waals surface area contributed by atoms with Gasteiger partial charge in [-0.15, -0.1) is 0 Å². The van der Waals surface area contributed by atoms with Gasteiger partial charge in [0.15, 0.2) is 6.39 Å². The van der Waals surface area contributed by atoms with E-state index in [1.54, 1.807) is 12.3 Å². The minimum atomic E-state index is 0.465. The molecule has 0 bridgehead atoms. The van der Waals surface area contributed by atoms with Gasteiger partial charge in [0, 0.05) is 0 Å². The van der Waals surface area contributed by atoms with Crippen LogP contribution in [0.15, 0.2) is 35.2 Å². The Balaban J connectivity index is 1.98. The number of nitrogens with one attached hydrogen (secondary N) is 1. The van der Waals surface area contributed by atoms with E-state index in [2.05, 4.69) is 15.3 Å². The fourth-order valence-corrected chi connectivity index (χ4v) is 1.18. The predicted molar refractivity (Wildman–Crippen MR) is 53.1 cm³/mol. The topological polar surface area (TPSA) is 51.0 Å². The highest BCUT2D eigenvalue weighted by Gasteiger charge is 1.97. The monoisotopic (exact) mass is 209 g/mol. The third-order valence-corrected chi connectivity index (χ3v) is 1.85. The molecule has 1 N–H and O–H groups in total. The fraction of sp³-hybridized carbons (Fsp3) is 0.111. The van der Waals surface area contributed by atoms with E-state index in [1.165, 1.54) is 6.39 Å². The van der Waals surface area contributed by atoms with Crippen LogP contribution in [0.1, 0.15) is 5.76 Å². The quantitative estimate of drug-likeness (QED) is 0.789. The average Bonchev–Trinajstić information content (AvgIpc) is 2.67. The zero-order chi connectivity index (χ0) is 9.80. The first kappa shape index (κ1) is 9.02. The lowest BCUT2D eigenvalue weighted by Crippen LogP contribution is -1.99. The van der Waals surface area contributed by atoms with Crippen molar-refractivity contribution < 1.29 is 4.42 Å². The van der Waals surface area contributed by atoms with Crippen molar-refractivity contribution in [1.82, 2.24) is 9.97 Å². The number of oxazole rings is 1. The van der Waals surface area contributed by atoms with Gasteiger partial charge in [0.2, 0.25) is 0 Å². The van der Waals surface area contributed by atoms with E-state index in [4.69, 9.17) is 16.0 Å². The lowest BCUT2D eigenvalue weighted by Gasteiger charge is -2.02. The van der Waals surface area contributed by atoms with Crippen molar-refractivity contribution >= 4 is 17.4 Å². The Hall–Kier alpha value is -1.55. The molecule has 0 aliphatic heterocycles. The van der Waals surface area contributed by atoms with Crippen LogP contribution in [0.5, 0.6) is 0 Å². The van der Waals surface area contributed by atoms with Crippen LogP contribution in [0.25, 0.3) is 0 Å². The minimum absolute atomic E-state index is 0.465. The van der Waals surface area contributed by atoms with E-state index in [1.807, 2.05) is 12.1 Å². The van der Waals surface area contributed by atoms with E-state index < -0.39 is 0 Å². The number of hydrogen-bond donors (Lipinski definition) is 1. The van der Waals surface area contributed by atoms with Crippen LogP contribution in [-0.2, 0) is 6.54 Å². The second-order valence-electron chi connectivity index (χ2n) is 2.67. The molecule has 2 heterocycles. The Kier molecular flexibility index (Phi) is 2.65. The molecule has 0 saturated carbocycles. The Morgan fingerprint density at radius 1 is 1.43 bits per heavy atom. The molecule has 0 aliphatic rings. The van der Waals surface area contributed by atoms with Crippen LogP contribution in [0.3, 0.4) is 0 Å². The van der Waals surface area contributed by atoms with Crippen LogP contribution in [0.4, 0.5) is 5.82 Å². The molecule has 2 rings (SSSR count). The van der Waals surface area contributed by atoms with Gasteiger partial charge in [-0.2, -0.15) is 0 Å². The molecule has 2 aromatic heterocycles. The SMILES string of the molecule is Clc1cccc(NCc2cnco2)n1. The lowest BCUT2D eigenvalue weighted by atomic mass is 10.4. The number of halogens is 1. The largest absolute Gasteiger partial charge is 0.447 e. The van der Waals surface area contributed by atoms with E-state index in [9.17, 15) is 0 Å². The van der Waals surface area contributed by atoms with Gasteiger partial charge in [-0.3, -0.25) is 0 Å². The maximum absolute atomic E-state index is 5.72. The third-order valence-electron chi connectivity index (χ3n) is 1.64. The molecule has 4 nitrogen and oxygen atoms in total. The number of nitrogens with zero attached hydrogens (tertiary/aromatic N) is 2. The van der Waals surface area contributed by atoms with E-state index in [0.29, 0.717) is 17.5 Å². The Labute approximate surface area is 85.9 Å². The number of hydrogen-bond acceptors (Lipinski definition) is 4. The summed E-state index contributed by atoms with van der Waals surface area (Å²) in [6, 6.07) is 5.39. The van der Waals surface area contributed by atoms with Crippen molar-refractivity contribution in [1.29, 1.82) is 0 Å². The van der Waals surface area contributed by atoms with Gasteiger partial charge in [0.25, 0.3) is 0 Å². The molecule has 0 spiro atoms. The normalized spacial score (nSPS) is 10.1. The second kappa shape index (κ2) is 4.11. The standard InChI is InChI=1S/C9H8ClN3O/c10-8-2-1-3-9(13-8)12-5-7-4-11-6-14-7/h1-4,6H,5H2,(H,12,13). The summed E-state index contributed by atoms with van der Waals surface area (Å²) in [5.41, 5.74) is 0. The highest BCUT2D eigenvalue weighted by atomic mass is 35.5. The third kappa shape index (κ3) is 2.23. The lowest BCUT2D eigenvalue weighted by molar-refractivity contribution is 0.511. The molecule has 2 aromatic rings. The molecule has 0 amide bonds. The van der Waals surface area contributed by atoms with Gasteiger partial charge in [-0.05, 0) is 12.1 Å². The summed E-state index contributed by atoms with van der Waals surface area (Å²) in [6.45, 7) is 0.549. The molecular formula is C9H8ClN3O. The molecule has 0 atom stereocenters. The van der Waals surface area contributed by atoms with Crippen molar-refractivity contribution in [3.8, 4) is 0 Å². The second-order valence-corrected chi connectivity index (χ2v) is 3.05. The smallest absolute Gasteiger partial charge is 0.180 e. The predicted octanol–water partition coefficient (Wildman–Crippen LogP) is 2.34. The maximum Gasteiger partial charge on any atom is 0.180 e. The zero-order valence-corrected chi connectivity index (χ0v) is 8.03. The average molecular weight is 210 g/mol. The first-order valence-corrected chi connectivity index (χ1v) is 4.46. The minimum Gasteiger partial charge on any atom is -0.447 e. The molecule has 14 heavy (non-hydrogen) atoms. The molecule has 0 fully saturated rings. The van der Waals surface area contributed by atoms with Crippen molar-refractivity contribution in [3.05, 3.63) is 41.7 Å². The Morgan fingerprint density at radius 2 is 2.36 bits per heavy atom. The Morgan fingerprint density at radius 3 is 3.07 bits per heavy atom. The maximum atomic E-state index is 5.72. The van der Waals surface area contributed by atoms with Crippen molar-refractivity contribution in [2.24, 2.45) is 0 Å². The molecular weight excluding hydrogens is 202 g/mol. The van der Waals surface area contributed by atoms with Crippen LogP contribution < -0.4 is 5.32 Å². The highest BCUT2D eigenvalue weighted by molar-refractivity contribution is 6.29. The van der Waals surface area contributed by atoms with Crippen LogP contribution in [0, 0.1) is 0 Å². The van der Waals surface area contributed by atoms with Gasteiger partial charge in [0.05, 0.1) is 12.7 Å². The van der Waals surface area contributed by atoms with Crippen LogP contribution >= 0.6 is 11.6 Å². The Bertz CT molecular complexity index is 402. The number of pyridine rings is 1. The van der Waals surface area contributed by atoms with Crippen LogP contribution in [-0.4, -0.2) is 9.97 Å². The fourth-order valence-electron chi connectivity index (χ4n) is 1.01. The molecule has 0 saturated heterocycles. The molecule has 72 valence electrons. The van der Waals surface area contributed by atoms with Gasteiger partial charge in [-0.25, -0.2) is 9.97 Å². The van der Waals surface area contributed by atoms with Gasteiger partial charge >= 0.3 is 0 Å². The first-order valence-electron chi connectivity index (χ1n) is 4.08. The highest BCUT2D eigenvalue weighted by Crippen LogP contribution is 2.10. The molecule has 0 radical (unpaired) electrons. The van der Waals surface area contributed by atoms with E-state index >= 15 is 0 Å². The number of anilines is 1. The summed E-state index contributed by atoms with van der Waals surface area (Å²) >= 11 is 5.72. The molecule has 5 heteroatoms. The number of rotatable bonds is 3. The van der Waals surface area contributed by atoms with Crippen molar-refractivity contribution in [3.63, 3.8) is 0 Å².